The number of hydrogen-bond donors (Lipinski definition) is 3. The molecule has 1 heterocycles. The average molecular weight is 458 g/mol. The molecule has 2 aromatic rings. The summed E-state index contributed by atoms with van der Waals surface area (Å²) < 4.78 is 1.89. The van der Waals surface area contributed by atoms with Crippen LogP contribution in [0.2, 0.25) is 0 Å². The van der Waals surface area contributed by atoms with Crippen molar-refractivity contribution < 1.29 is 14.7 Å². The van der Waals surface area contributed by atoms with E-state index in [9.17, 15) is 14.7 Å². The first-order valence-corrected chi connectivity index (χ1v) is 10.9. The number of imidazole rings is 1. The standard InChI is InChI=1S/C20H29Cl2N5O3/c1-12(2)18(20(29)30)25-19(28)14(23)11-17-24-15-10-13(4-5-16(15)26(17)3)27(8-6-21)9-7-22/h4-5,10,12,14,18H,6-9,11,23H2,1-3H3,(H,25,28)(H,29,30)/t14-,18?/m0/s1. The van der Waals surface area contributed by atoms with Crippen LogP contribution in [0.1, 0.15) is 19.7 Å². The summed E-state index contributed by atoms with van der Waals surface area (Å²) in [6.07, 6.45) is 0.184. The molecule has 0 spiro atoms. The van der Waals surface area contributed by atoms with Gasteiger partial charge < -0.3 is 25.6 Å². The Kier molecular flexibility index (Phi) is 8.76. The van der Waals surface area contributed by atoms with Crippen LogP contribution in [0.5, 0.6) is 0 Å². The molecule has 1 amide bonds. The van der Waals surface area contributed by atoms with Crippen LogP contribution >= 0.6 is 23.2 Å². The molecule has 30 heavy (non-hydrogen) atoms. The SMILES string of the molecule is CC(C)C(NC(=O)[C@@H](N)Cc1nc2cc(N(CCCl)CCCl)ccc2n1C)C(=O)O. The normalized spacial score (nSPS) is 13.4. The minimum atomic E-state index is -1.08. The second kappa shape index (κ2) is 10.8. The molecule has 166 valence electrons. The fourth-order valence-corrected chi connectivity index (χ4v) is 3.66. The lowest BCUT2D eigenvalue weighted by Gasteiger charge is -2.22. The Labute approximate surface area is 186 Å². The van der Waals surface area contributed by atoms with Gasteiger partial charge in [-0.25, -0.2) is 9.78 Å². The van der Waals surface area contributed by atoms with E-state index >= 15 is 0 Å². The maximum Gasteiger partial charge on any atom is 0.326 e. The summed E-state index contributed by atoms with van der Waals surface area (Å²) in [5, 5.41) is 11.8. The van der Waals surface area contributed by atoms with Crippen LogP contribution in [0.4, 0.5) is 5.69 Å². The maximum absolute atomic E-state index is 12.4. The van der Waals surface area contributed by atoms with Gasteiger partial charge in [0, 0.05) is 44.0 Å². The zero-order chi connectivity index (χ0) is 22.4. The highest BCUT2D eigenvalue weighted by atomic mass is 35.5. The van der Waals surface area contributed by atoms with E-state index < -0.39 is 24.0 Å². The number of carbonyl (C=O) groups excluding carboxylic acids is 1. The average Bonchev–Trinajstić information content (AvgIpc) is 2.99. The Morgan fingerprint density at radius 3 is 2.43 bits per heavy atom. The highest BCUT2D eigenvalue weighted by Gasteiger charge is 2.27. The van der Waals surface area contributed by atoms with Gasteiger partial charge in [-0.2, -0.15) is 0 Å². The zero-order valence-corrected chi connectivity index (χ0v) is 19.0. The number of carbonyl (C=O) groups is 2. The van der Waals surface area contributed by atoms with Crippen molar-refractivity contribution >= 4 is 51.8 Å². The van der Waals surface area contributed by atoms with E-state index in [1.165, 1.54) is 0 Å². The van der Waals surface area contributed by atoms with Gasteiger partial charge >= 0.3 is 5.97 Å². The van der Waals surface area contributed by atoms with Crippen LogP contribution in [0.15, 0.2) is 18.2 Å². The van der Waals surface area contributed by atoms with Gasteiger partial charge in [-0.15, -0.1) is 23.2 Å². The van der Waals surface area contributed by atoms with Crippen molar-refractivity contribution in [2.75, 3.05) is 29.7 Å². The van der Waals surface area contributed by atoms with Crippen molar-refractivity contribution in [3.05, 3.63) is 24.0 Å². The molecule has 0 radical (unpaired) electrons. The molecule has 0 bridgehead atoms. The Morgan fingerprint density at radius 1 is 1.27 bits per heavy atom. The second-order valence-electron chi connectivity index (χ2n) is 7.50. The summed E-state index contributed by atoms with van der Waals surface area (Å²) >= 11 is 11.8. The number of amides is 1. The number of nitrogens with zero attached hydrogens (tertiary/aromatic N) is 3. The quantitative estimate of drug-likeness (QED) is 0.444. The lowest BCUT2D eigenvalue weighted by Crippen LogP contribution is -2.51. The van der Waals surface area contributed by atoms with Crippen molar-refractivity contribution in [2.45, 2.75) is 32.4 Å². The number of anilines is 1. The summed E-state index contributed by atoms with van der Waals surface area (Å²) in [6, 6.07) is 4.01. The summed E-state index contributed by atoms with van der Waals surface area (Å²) in [5.41, 5.74) is 8.70. The number of aryl methyl sites for hydroxylation is 1. The Morgan fingerprint density at radius 2 is 1.90 bits per heavy atom. The molecule has 4 N–H and O–H groups in total. The van der Waals surface area contributed by atoms with Gasteiger partial charge in [0.15, 0.2) is 0 Å². The van der Waals surface area contributed by atoms with Crippen molar-refractivity contribution in [3.63, 3.8) is 0 Å². The smallest absolute Gasteiger partial charge is 0.326 e. The Balaban J connectivity index is 2.20. The van der Waals surface area contributed by atoms with E-state index in [1.54, 1.807) is 13.8 Å². The number of nitrogens with two attached hydrogens (primary N) is 1. The van der Waals surface area contributed by atoms with Gasteiger partial charge in [-0.3, -0.25) is 4.79 Å². The molecule has 1 aromatic heterocycles. The van der Waals surface area contributed by atoms with Gasteiger partial charge in [-0.05, 0) is 24.1 Å². The summed E-state index contributed by atoms with van der Waals surface area (Å²) in [4.78, 5) is 30.5. The van der Waals surface area contributed by atoms with E-state index in [0.717, 1.165) is 16.7 Å². The predicted octanol–water partition coefficient (Wildman–Crippen LogP) is 1.95. The number of rotatable bonds is 11. The largest absolute Gasteiger partial charge is 0.480 e. The molecule has 2 atom stereocenters. The van der Waals surface area contributed by atoms with E-state index in [2.05, 4.69) is 15.2 Å². The van der Waals surface area contributed by atoms with Crippen LogP contribution in [0.25, 0.3) is 11.0 Å². The van der Waals surface area contributed by atoms with Crippen molar-refractivity contribution in [3.8, 4) is 0 Å². The van der Waals surface area contributed by atoms with Crippen LogP contribution in [-0.4, -0.2) is 63.5 Å². The number of hydrogen-bond acceptors (Lipinski definition) is 5. The summed E-state index contributed by atoms with van der Waals surface area (Å²) in [5.74, 6) is -0.238. The summed E-state index contributed by atoms with van der Waals surface area (Å²) in [7, 11) is 1.86. The van der Waals surface area contributed by atoms with Crippen LogP contribution in [0.3, 0.4) is 0 Å². The molecular formula is C20H29Cl2N5O3. The lowest BCUT2D eigenvalue weighted by atomic mass is 10.0. The minimum Gasteiger partial charge on any atom is -0.480 e. The molecular weight excluding hydrogens is 429 g/mol. The van der Waals surface area contributed by atoms with Crippen LogP contribution in [-0.2, 0) is 23.1 Å². The maximum atomic E-state index is 12.4. The molecule has 0 aliphatic heterocycles. The molecule has 0 saturated carbocycles. The number of carboxylic acids is 1. The van der Waals surface area contributed by atoms with E-state index in [0.29, 0.717) is 30.7 Å². The third-order valence-corrected chi connectivity index (χ3v) is 5.34. The van der Waals surface area contributed by atoms with Gasteiger partial charge in [0.05, 0.1) is 17.1 Å². The molecule has 0 aliphatic rings. The van der Waals surface area contributed by atoms with Crippen LogP contribution < -0.4 is 16.0 Å². The first-order valence-electron chi connectivity index (χ1n) is 9.80. The molecule has 0 fully saturated rings. The summed E-state index contributed by atoms with van der Waals surface area (Å²) in [6.45, 7) is 4.80. The number of nitrogens with one attached hydrogen (secondary N) is 1. The van der Waals surface area contributed by atoms with Gasteiger partial charge in [-0.1, -0.05) is 13.8 Å². The molecule has 8 nitrogen and oxygen atoms in total. The van der Waals surface area contributed by atoms with E-state index in [4.69, 9.17) is 28.9 Å². The van der Waals surface area contributed by atoms with Gasteiger partial charge in [0.1, 0.15) is 11.9 Å². The van der Waals surface area contributed by atoms with Crippen molar-refractivity contribution in [2.24, 2.45) is 18.7 Å². The molecule has 0 aliphatic carbocycles. The Bertz CT molecular complexity index is 881. The first-order chi connectivity index (χ1) is 14.2. The van der Waals surface area contributed by atoms with E-state index in [-0.39, 0.29) is 12.3 Å². The zero-order valence-electron chi connectivity index (χ0n) is 17.4. The highest BCUT2D eigenvalue weighted by molar-refractivity contribution is 6.18. The fraction of sp³-hybridized carbons (Fsp3) is 0.550. The molecule has 1 unspecified atom stereocenters. The topological polar surface area (TPSA) is 113 Å². The number of alkyl halides is 2. The van der Waals surface area contributed by atoms with Crippen molar-refractivity contribution in [1.29, 1.82) is 0 Å². The predicted molar refractivity (Wildman–Crippen MR) is 120 cm³/mol. The molecule has 0 saturated heterocycles. The molecule has 10 heteroatoms. The van der Waals surface area contributed by atoms with Gasteiger partial charge in [0.2, 0.25) is 5.91 Å². The van der Waals surface area contributed by atoms with E-state index in [1.807, 2.05) is 29.8 Å². The lowest BCUT2D eigenvalue weighted by molar-refractivity contribution is -0.143. The second-order valence-corrected chi connectivity index (χ2v) is 8.26. The number of benzene rings is 1. The number of fused-ring (bicyclic) bond motifs is 1. The number of aromatic nitrogens is 2. The molecule has 1 aromatic carbocycles. The first kappa shape index (κ1) is 24.2. The number of halogens is 2. The third-order valence-electron chi connectivity index (χ3n) is 5.00. The Hall–Kier alpha value is -2.03. The number of aliphatic carboxylic acids is 1. The van der Waals surface area contributed by atoms with Gasteiger partial charge in [0.25, 0.3) is 0 Å². The van der Waals surface area contributed by atoms with Crippen molar-refractivity contribution in [1.82, 2.24) is 14.9 Å². The number of carboxylic acid groups (broad SMARTS) is 1. The monoisotopic (exact) mass is 457 g/mol. The highest BCUT2D eigenvalue weighted by Crippen LogP contribution is 2.23. The third kappa shape index (κ3) is 5.77. The minimum absolute atomic E-state index is 0.184. The molecule has 2 rings (SSSR count). The van der Waals surface area contributed by atoms with Crippen LogP contribution in [0, 0.1) is 5.92 Å². The fourth-order valence-electron chi connectivity index (χ4n) is 3.25.